The van der Waals surface area contributed by atoms with Crippen LogP contribution in [0.25, 0.3) is 11.1 Å². The van der Waals surface area contributed by atoms with Crippen molar-refractivity contribution in [1.82, 2.24) is 0 Å². The predicted molar refractivity (Wildman–Crippen MR) is 95.3 cm³/mol. The van der Waals surface area contributed by atoms with Gasteiger partial charge in [0.15, 0.2) is 0 Å². The van der Waals surface area contributed by atoms with Gasteiger partial charge in [-0.1, -0.05) is 60.7 Å². The zero-order valence-electron chi connectivity index (χ0n) is 13.1. The van der Waals surface area contributed by atoms with Gasteiger partial charge in [-0.3, -0.25) is 0 Å². The molecule has 0 aromatic heterocycles. The Bertz CT molecular complexity index is 904. The number of rotatable bonds is 2. The van der Waals surface area contributed by atoms with E-state index < -0.39 is 0 Å². The molecule has 3 aromatic carbocycles. The molecule has 1 heteroatoms. The van der Waals surface area contributed by atoms with Crippen molar-refractivity contribution in [3.8, 4) is 5.75 Å². The van der Waals surface area contributed by atoms with Crippen LogP contribution in [0.2, 0.25) is 0 Å². The van der Waals surface area contributed by atoms with Crippen LogP contribution in [0.5, 0.6) is 5.75 Å². The van der Waals surface area contributed by atoms with E-state index in [9.17, 15) is 5.11 Å². The van der Waals surface area contributed by atoms with Gasteiger partial charge in [0, 0.05) is 0 Å². The lowest BCUT2D eigenvalue weighted by Crippen LogP contribution is -1.91. The molecule has 0 heterocycles. The van der Waals surface area contributed by atoms with Crippen LogP contribution < -0.4 is 0 Å². The maximum atomic E-state index is 9.85. The highest BCUT2D eigenvalue weighted by atomic mass is 16.3. The first kappa shape index (κ1) is 13.8. The topological polar surface area (TPSA) is 20.2 Å². The van der Waals surface area contributed by atoms with E-state index in [1.165, 1.54) is 39.0 Å². The van der Waals surface area contributed by atoms with Crippen LogP contribution in [0, 0.1) is 6.92 Å². The minimum absolute atomic E-state index is 0.335. The van der Waals surface area contributed by atoms with Gasteiger partial charge in [-0.25, -0.2) is 0 Å². The van der Waals surface area contributed by atoms with Gasteiger partial charge in [-0.05, 0) is 64.4 Å². The van der Waals surface area contributed by atoms with Crippen molar-refractivity contribution in [3.05, 3.63) is 101 Å². The number of aryl methyl sites for hydroxylation is 1. The second kappa shape index (κ2) is 5.44. The molecule has 3 aromatic rings. The van der Waals surface area contributed by atoms with E-state index in [0.29, 0.717) is 5.75 Å². The summed E-state index contributed by atoms with van der Waals surface area (Å²) in [6.07, 6.45) is 0.860. The van der Waals surface area contributed by atoms with Crippen LogP contribution in [0.4, 0.5) is 0 Å². The lowest BCUT2D eigenvalue weighted by Gasteiger charge is -2.11. The summed E-state index contributed by atoms with van der Waals surface area (Å²) in [4.78, 5) is 0. The van der Waals surface area contributed by atoms with Gasteiger partial charge in [0.2, 0.25) is 0 Å². The Labute approximate surface area is 136 Å². The van der Waals surface area contributed by atoms with Crippen molar-refractivity contribution in [3.63, 3.8) is 0 Å². The molecule has 0 fully saturated rings. The summed E-state index contributed by atoms with van der Waals surface area (Å²) >= 11 is 0. The summed E-state index contributed by atoms with van der Waals surface area (Å²) in [6.45, 7) is 2.16. The Morgan fingerprint density at radius 3 is 2.30 bits per heavy atom. The average molecular weight is 298 g/mol. The van der Waals surface area contributed by atoms with E-state index in [1.54, 1.807) is 6.07 Å². The van der Waals surface area contributed by atoms with Crippen LogP contribution >= 0.6 is 0 Å². The van der Waals surface area contributed by atoms with E-state index in [0.717, 1.165) is 6.42 Å². The number of hydrogen-bond donors (Lipinski definition) is 1. The number of fused-ring (bicyclic) bond motifs is 1. The van der Waals surface area contributed by atoms with Gasteiger partial charge in [-0.2, -0.15) is 0 Å². The molecule has 0 unspecified atom stereocenters. The summed E-state index contributed by atoms with van der Waals surface area (Å²) in [5.41, 5.74) is 8.87. The van der Waals surface area contributed by atoms with Crippen LogP contribution in [0.3, 0.4) is 0 Å². The molecule has 0 amide bonds. The molecular formula is C22H18O. The van der Waals surface area contributed by atoms with Gasteiger partial charge < -0.3 is 5.11 Å². The first-order valence-electron chi connectivity index (χ1n) is 7.91. The van der Waals surface area contributed by atoms with Crippen molar-refractivity contribution in [2.24, 2.45) is 0 Å². The Morgan fingerprint density at radius 2 is 1.52 bits per heavy atom. The molecule has 0 radical (unpaired) electrons. The van der Waals surface area contributed by atoms with Crippen molar-refractivity contribution < 1.29 is 5.11 Å². The molecule has 112 valence electrons. The van der Waals surface area contributed by atoms with Gasteiger partial charge >= 0.3 is 0 Å². The molecule has 1 N–H and O–H groups in total. The number of aromatic hydroxyl groups is 1. The maximum Gasteiger partial charge on any atom is 0.115 e. The molecular weight excluding hydrogens is 280 g/mol. The molecule has 0 atom stereocenters. The Balaban J connectivity index is 1.99. The summed E-state index contributed by atoms with van der Waals surface area (Å²) in [6, 6.07) is 24.8. The maximum absolute atomic E-state index is 9.85. The third-order valence-electron chi connectivity index (χ3n) is 4.56. The fourth-order valence-electron chi connectivity index (χ4n) is 3.49. The normalized spacial score (nSPS) is 13.3. The lowest BCUT2D eigenvalue weighted by molar-refractivity contribution is 0.475. The quantitative estimate of drug-likeness (QED) is 0.688. The Hall–Kier alpha value is -2.80. The van der Waals surface area contributed by atoms with Crippen LogP contribution in [-0.4, -0.2) is 5.11 Å². The van der Waals surface area contributed by atoms with Gasteiger partial charge in [0.05, 0.1) is 0 Å². The average Bonchev–Trinajstić information content (AvgIpc) is 2.94. The molecule has 1 aliphatic rings. The second-order valence-corrected chi connectivity index (χ2v) is 6.05. The molecule has 0 saturated heterocycles. The molecule has 23 heavy (non-hydrogen) atoms. The first-order valence-corrected chi connectivity index (χ1v) is 7.91. The van der Waals surface area contributed by atoms with Crippen LogP contribution in [0.1, 0.15) is 27.8 Å². The highest BCUT2D eigenvalue weighted by Crippen LogP contribution is 2.43. The predicted octanol–water partition coefficient (Wildman–Crippen LogP) is 5.22. The molecule has 4 rings (SSSR count). The van der Waals surface area contributed by atoms with E-state index in [2.05, 4.69) is 55.5 Å². The zero-order chi connectivity index (χ0) is 15.8. The van der Waals surface area contributed by atoms with Gasteiger partial charge in [-0.15, -0.1) is 0 Å². The van der Waals surface area contributed by atoms with Crippen molar-refractivity contribution in [1.29, 1.82) is 0 Å². The van der Waals surface area contributed by atoms with Gasteiger partial charge in [0.1, 0.15) is 5.75 Å². The SMILES string of the molecule is Cc1ccccc1C1=C(c2ccccc2)c2ccc(O)cc2C1. The number of benzene rings is 3. The largest absolute Gasteiger partial charge is 0.508 e. The van der Waals surface area contributed by atoms with Crippen LogP contribution in [-0.2, 0) is 6.42 Å². The molecule has 0 spiro atoms. The van der Waals surface area contributed by atoms with Gasteiger partial charge in [0.25, 0.3) is 0 Å². The van der Waals surface area contributed by atoms with Crippen molar-refractivity contribution in [2.75, 3.05) is 0 Å². The molecule has 1 nitrogen and oxygen atoms in total. The number of phenols is 1. The van der Waals surface area contributed by atoms with E-state index in [4.69, 9.17) is 0 Å². The third kappa shape index (κ3) is 2.35. The highest BCUT2D eigenvalue weighted by Gasteiger charge is 2.24. The fraction of sp³-hybridized carbons (Fsp3) is 0.0909. The smallest absolute Gasteiger partial charge is 0.115 e. The summed E-state index contributed by atoms with van der Waals surface area (Å²) < 4.78 is 0. The molecule has 0 aliphatic heterocycles. The minimum Gasteiger partial charge on any atom is -0.508 e. The standard InChI is InChI=1S/C22H18O/c1-15-7-5-6-10-19(15)21-14-17-13-18(23)11-12-20(17)22(21)16-8-3-2-4-9-16/h2-13,23H,14H2,1H3. The van der Waals surface area contributed by atoms with E-state index in [-0.39, 0.29) is 0 Å². The minimum atomic E-state index is 0.335. The first-order chi connectivity index (χ1) is 11.2. The second-order valence-electron chi connectivity index (χ2n) is 6.05. The van der Waals surface area contributed by atoms with E-state index in [1.807, 2.05) is 18.2 Å². The number of allylic oxidation sites excluding steroid dienone is 1. The fourth-order valence-corrected chi connectivity index (χ4v) is 3.49. The number of phenolic OH excluding ortho intramolecular Hbond substituents is 1. The third-order valence-corrected chi connectivity index (χ3v) is 4.56. The van der Waals surface area contributed by atoms with Crippen molar-refractivity contribution in [2.45, 2.75) is 13.3 Å². The van der Waals surface area contributed by atoms with E-state index >= 15 is 0 Å². The molecule has 0 saturated carbocycles. The Kier molecular flexibility index (Phi) is 3.27. The Morgan fingerprint density at radius 1 is 0.783 bits per heavy atom. The molecule has 0 bridgehead atoms. The number of hydrogen-bond acceptors (Lipinski definition) is 1. The van der Waals surface area contributed by atoms with Crippen LogP contribution in [0.15, 0.2) is 72.8 Å². The molecule has 1 aliphatic carbocycles. The summed E-state index contributed by atoms with van der Waals surface area (Å²) in [7, 11) is 0. The monoisotopic (exact) mass is 298 g/mol. The lowest BCUT2D eigenvalue weighted by atomic mass is 9.92. The highest BCUT2D eigenvalue weighted by molar-refractivity contribution is 6.04. The summed E-state index contributed by atoms with van der Waals surface area (Å²) in [5.74, 6) is 0.335. The zero-order valence-corrected chi connectivity index (χ0v) is 13.1. The summed E-state index contributed by atoms with van der Waals surface area (Å²) in [5, 5.41) is 9.85. The van der Waals surface area contributed by atoms with Crippen molar-refractivity contribution >= 4 is 11.1 Å².